The van der Waals surface area contributed by atoms with E-state index in [0.717, 1.165) is 4.60 Å². The van der Waals surface area contributed by atoms with Crippen molar-refractivity contribution in [2.24, 2.45) is 0 Å². The molecule has 0 saturated heterocycles. The summed E-state index contributed by atoms with van der Waals surface area (Å²) in [5, 5.41) is 0. The standard InChI is InChI=1S/C5H3BrN.Li/c6-5-3-1-2-4-7-5;/h2-4H;/q-1;+1. The Labute approximate surface area is 68.8 Å². The topological polar surface area (TPSA) is 12.9 Å². The molecule has 0 spiro atoms. The number of hydrogen-bond donors (Lipinski definition) is 0. The molecule has 0 unspecified atom stereocenters. The van der Waals surface area contributed by atoms with E-state index in [0.29, 0.717) is 0 Å². The summed E-state index contributed by atoms with van der Waals surface area (Å²) in [4.78, 5) is 3.86. The Hall–Kier alpha value is 0.227. The van der Waals surface area contributed by atoms with Crippen LogP contribution in [0.3, 0.4) is 0 Å². The van der Waals surface area contributed by atoms with Crippen molar-refractivity contribution in [2.75, 3.05) is 0 Å². The van der Waals surface area contributed by atoms with E-state index >= 15 is 0 Å². The van der Waals surface area contributed by atoms with Crippen molar-refractivity contribution in [3.63, 3.8) is 0 Å². The van der Waals surface area contributed by atoms with E-state index in [4.69, 9.17) is 0 Å². The molecule has 0 atom stereocenters. The first-order chi connectivity index (χ1) is 3.39. The first kappa shape index (κ1) is 8.23. The van der Waals surface area contributed by atoms with Crippen LogP contribution in [-0.2, 0) is 0 Å². The molecule has 0 aromatic carbocycles. The molecule has 0 fully saturated rings. The number of rotatable bonds is 0. The van der Waals surface area contributed by atoms with Crippen molar-refractivity contribution in [3.05, 3.63) is 29.0 Å². The van der Waals surface area contributed by atoms with Crippen molar-refractivity contribution in [2.45, 2.75) is 0 Å². The van der Waals surface area contributed by atoms with Crippen LogP contribution in [0, 0.1) is 6.07 Å². The van der Waals surface area contributed by atoms with E-state index in [1.165, 1.54) is 0 Å². The van der Waals surface area contributed by atoms with E-state index in [1.807, 2.05) is 0 Å². The third kappa shape index (κ3) is 2.51. The summed E-state index contributed by atoms with van der Waals surface area (Å²) < 4.78 is 0.829. The Morgan fingerprint density at radius 2 is 2.38 bits per heavy atom. The quantitative estimate of drug-likeness (QED) is 0.262. The largest absolute Gasteiger partial charge is 1.00 e. The molecule has 0 radical (unpaired) electrons. The van der Waals surface area contributed by atoms with Crippen LogP contribution in [0.2, 0.25) is 0 Å². The smallest absolute Gasteiger partial charge is 0.376 e. The van der Waals surface area contributed by atoms with Gasteiger partial charge >= 0.3 is 18.9 Å². The number of nitrogens with zero attached hydrogens (tertiary/aromatic N) is 1. The van der Waals surface area contributed by atoms with Gasteiger partial charge in [-0.1, -0.05) is 6.20 Å². The van der Waals surface area contributed by atoms with E-state index in [1.54, 1.807) is 18.3 Å². The summed E-state index contributed by atoms with van der Waals surface area (Å²) in [5.41, 5.74) is 0. The fraction of sp³-hybridized carbons (Fsp3) is 0. The summed E-state index contributed by atoms with van der Waals surface area (Å²) in [5.74, 6) is 0. The molecular formula is C5H3BrLiN. The molecule has 0 saturated carbocycles. The van der Waals surface area contributed by atoms with Gasteiger partial charge in [0.2, 0.25) is 0 Å². The molecule has 1 nitrogen and oxygen atoms in total. The van der Waals surface area contributed by atoms with Crippen LogP contribution in [0.1, 0.15) is 0 Å². The van der Waals surface area contributed by atoms with Crippen LogP contribution in [0.5, 0.6) is 0 Å². The number of pyridine rings is 1. The molecule has 0 aliphatic heterocycles. The molecule has 0 bridgehead atoms. The molecule has 1 aromatic rings. The SMILES string of the molecule is Brc1c[c-]ccn1.[Li+]. The summed E-state index contributed by atoms with van der Waals surface area (Å²) in [6.45, 7) is 0. The minimum absolute atomic E-state index is 0. The Morgan fingerprint density at radius 3 is 2.62 bits per heavy atom. The normalized spacial score (nSPS) is 7.62. The predicted molar refractivity (Wildman–Crippen MR) is 30.8 cm³/mol. The van der Waals surface area contributed by atoms with E-state index in [2.05, 4.69) is 27.0 Å². The van der Waals surface area contributed by atoms with Crippen LogP contribution < -0.4 is 18.9 Å². The second kappa shape index (κ2) is 4.14. The summed E-state index contributed by atoms with van der Waals surface area (Å²) in [6.07, 6.45) is 1.68. The molecule has 0 N–H and O–H groups in total. The third-order valence-electron chi connectivity index (χ3n) is 0.571. The minimum Gasteiger partial charge on any atom is -0.376 e. The van der Waals surface area contributed by atoms with Gasteiger partial charge in [0.1, 0.15) is 0 Å². The first-order valence-corrected chi connectivity index (χ1v) is 2.66. The molecule has 1 rings (SSSR count). The zero-order valence-electron chi connectivity index (χ0n) is 4.56. The fourth-order valence-corrected chi connectivity index (χ4v) is 0.556. The predicted octanol–water partition coefficient (Wildman–Crippen LogP) is -1.35. The summed E-state index contributed by atoms with van der Waals surface area (Å²) in [7, 11) is 0. The zero-order chi connectivity index (χ0) is 5.11. The second-order valence-electron chi connectivity index (χ2n) is 1.08. The molecule has 36 valence electrons. The molecule has 3 heteroatoms. The molecule has 0 aliphatic rings. The maximum atomic E-state index is 3.86. The third-order valence-corrected chi connectivity index (χ3v) is 1.00. The van der Waals surface area contributed by atoms with Crippen LogP contribution in [-0.4, -0.2) is 4.98 Å². The fourth-order valence-electron chi connectivity index (χ4n) is 0.306. The van der Waals surface area contributed by atoms with Crippen molar-refractivity contribution < 1.29 is 18.9 Å². The van der Waals surface area contributed by atoms with E-state index in [9.17, 15) is 0 Å². The van der Waals surface area contributed by atoms with Gasteiger partial charge in [-0.3, -0.25) is 0 Å². The maximum Gasteiger partial charge on any atom is 1.00 e. The van der Waals surface area contributed by atoms with Gasteiger partial charge in [-0.05, 0) is 4.60 Å². The van der Waals surface area contributed by atoms with Gasteiger partial charge in [0.25, 0.3) is 0 Å². The van der Waals surface area contributed by atoms with E-state index in [-0.39, 0.29) is 18.9 Å². The van der Waals surface area contributed by atoms with Gasteiger partial charge in [-0.25, -0.2) is 0 Å². The van der Waals surface area contributed by atoms with Crippen molar-refractivity contribution in [3.8, 4) is 0 Å². The minimum atomic E-state index is 0. The van der Waals surface area contributed by atoms with E-state index < -0.39 is 0 Å². The molecular weight excluding hydrogens is 161 g/mol. The molecule has 8 heavy (non-hydrogen) atoms. The Kier molecular flexibility index (Phi) is 4.26. The molecule has 1 aromatic heterocycles. The Bertz CT molecular complexity index is 142. The number of aromatic nitrogens is 1. The number of hydrogen-bond acceptors (Lipinski definition) is 1. The molecule has 1 heterocycles. The summed E-state index contributed by atoms with van der Waals surface area (Å²) >= 11 is 3.17. The van der Waals surface area contributed by atoms with Crippen molar-refractivity contribution in [1.29, 1.82) is 0 Å². The van der Waals surface area contributed by atoms with Gasteiger partial charge in [0.15, 0.2) is 0 Å². The zero-order valence-corrected chi connectivity index (χ0v) is 6.14. The van der Waals surface area contributed by atoms with Crippen LogP contribution >= 0.6 is 15.9 Å². The maximum absolute atomic E-state index is 3.86. The first-order valence-electron chi connectivity index (χ1n) is 1.87. The monoisotopic (exact) mass is 163 g/mol. The van der Waals surface area contributed by atoms with Crippen LogP contribution in [0.15, 0.2) is 22.9 Å². The van der Waals surface area contributed by atoms with Crippen LogP contribution in [0.25, 0.3) is 0 Å². The van der Waals surface area contributed by atoms with Crippen molar-refractivity contribution >= 4 is 15.9 Å². The van der Waals surface area contributed by atoms with Gasteiger partial charge in [-0.15, -0.1) is 22.0 Å². The summed E-state index contributed by atoms with van der Waals surface area (Å²) in [6, 6.07) is 6.37. The van der Waals surface area contributed by atoms with Crippen molar-refractivity contribution in [1.82, 2.24) is 4.98 Å². The Balaban J connectivity index is 0.000000490. The average Bonchev–Trinajstić information content (AvgIpc) is 1.69. The number of halogens is 1. The van der Waals surface area contributed by atoms with Gasteiger partial charge in [0.05, 0.1) is 0 Å². The Morgan fingerprint density at radius 1 is 1.62 bits per heavy atom. The van der Waals surface area contributed by atoms with Gasteiger partial charge in [0, 0.05) is 0 Å². The second-order valence-corrected chi connectivity index (χ2v) is 1.89. The van der Waals surface area contributed by atoms with Gasteiger partial charge < -0.3 is 4.98 Å². The molecule has 0 aliphatic carbocycles. The molecule has 0 amide bonds. The average molecular weight is 164 g/mol. The van der Waals surface area contributed by atoms with Gasteiger partial charge in [-0.2, -0.15) is 12.1 Å². The van der Waals surface area contributed by atoms with Crippen LogP contribution in [0.4, 0.5) is 0 Å².